The molecule has 4 heteroatoms. The second kappa shape index (κ2) is 7.16. The molecule has 2 rings (SSSR count). The van der Waals surface area contributed by atoms with E-state index in [-0.39, 0.29) is 11.9 Å². The van der Waals surface area contributed by atoms with Gasteiger partial charge in [-0.15, -0.1) is 0 Å². The summed E-state index contributed by atoms with van der Waals surface area (Å²) in [6.45, 7) is 7.30. The molecule has 0 amide bonds. The minimum atomic E-state index is -0.158. The number of hydrogen-bond donors (Lipinski definition) is 1. The average molecular weight is 279 g/mol. The van der Waals surface area contributed by atoms with Crippen LogP contribution in [0.1, 0.15) is 30.0 Å². The first kappa shape index (κ1) is 15.4. The molecule has 1 saturated heterocycles. The van der Waals surface area contributed by atoms with Crippen molar-refractivity contribution in [1.29, 1.82) is 0 Å². The molecule has 1 aliphatic rings. The molecule has 20 heavy (non-hydrogen) atoms. The van der Waals surface area contributed by atoms with Crippen LogP contribution in [0.15, 0.2) is 18.2 Å². The lowest BCUT2D eigenvalue weighted by molar-refractivity contribution is 0.267. The van der Waals surface area contributed by atoms with Crippen LogP contribution in [0.25, 0.3) is 0 Å². The van der Waals surface area contributed by atoms with E-state index in [0.717, 1.165) is 38.2 Å². The van der Waals surface area contributed by atoms with E-state index in [4.69, 9.17) is 5.73 Å². The maximum Gasteiger partial charge on any atom is 0.126 e. The van der Waals surface area contributed by atoms with Gasteiger partial charge in [-0.25, -0.2) is 4.39 Å². The normalized spacial score (nSPS) is 19.8. The third-order valence-corrected chi connectivity index (χ3v) is 4.19. The molecule has 2 N–H and O–H groups in total. The first-order chi connectivity index (χ1) is 9.56. The van der Waals surface area contributed by atoms with E-state index >= 15 is 0 Å². The lowest BCUT2D eigenvalue weighted by atomic mass is 10.0. The second-order valence-corrected chi connectivity index (χ2v) is 5.90. The number of halogens is 1. The molecule has 1 aromatic rings. The van der Waals surface area contributed by atoms with E-state index in [2.05, 4.69) is 16.8 Å². The van der Waals surface area contributed by atoms with Crippen LogP contribution >= 0.6 is 0 Å². The minimum absolute atomic E-state index is 0.0777. The Morgan fingerprint density at radius 3 is 2.80 bits per heavy atom. The Labute approximate surface area is 121 Å². The zero-order chi connectivity index (χ0) is 14.5. The summed E-state index contributed by atoms with van der Waals surface area (Å²) in [5, 5.41) is 0. The molecular weight excluding hydrogens is 253 g/mol. The smallest absolute Gasteiger partial charge is 0.126 e. The van der Waals surface area contributed by atoms with Gasteiger partial charge >= 0.3 is 0 Å². The Morgan fingerprint density at radius 1 is 1.25 bits per heavy atom. The minimum Gasteiger partial charge on any atom is -0.324 e. The van der Waals surface area contributed by atoms with Crippen molar-refractivity contribution in [1.82, 2.24) is 9.80 Å². The van der Waals surface area contributed by atoms with Crippen molar-refractivity contribution in [2.75, 3.05) is 39.8 Å². The van der Waals surface area contributed by atoms with Crippen molar-refractivity contribution < 1.29 is 4.39 Å². The highest BCUT2D eigenvalue weighted by atomic mass is 19.1. The van der Waals surface area contributed by atoms with Gasteiger partial charge in [0.05, 0.1) is 0 Å². The van der Waals surface area contributed by atoms with Crippen molar-refractivity contribution in [2.24, 2.45) is 5.73 Å². The largest absolute Gasteiger partial charge is 0.324 e. The van der Waals surface area contributed by atoms with Gasteiger partial charge in [-0.1, -0.05) is 12.1 Å². The van der Waals surface area contributed by atoms with Crippen molar-refractivity contribution in [3.8, 4) is 0 Å². The highest BCUT2D eigenvalue weighted by Gasteiger charge is 2.14. The van der Waals surface area contributed by atoms with Gasteiger partial charge in [0.25, 0.3) is 0 Å². The number of rotatable bonds is 4. The second-order valence-electron chi connectivity index (χ2n) is 5.90. The van der Waals surface area contributed by atoms with Gasteiger partial charge in [0.2, 0.25) is 0 Å². The molecule has 1 aromatic carbocycles. The molecule has 0 bridgehead atoms. The monoisotopic (exact) mass is 279 g/mol. The van der Waals surface area contributed by atoms with Gasteiger partial charge in [0, 0.05) is 19.1 Å². The van der Waals surface area contributed by atoms with Gasteiger partial charge in [0.15, 0.2) is 0 Å². The molecule has 0 saturated carbocycles. The van der Waals surface area contributed by atoms with E-state index in [1.54, 1.807) is 13.0 Å². The van der Waals surface area contributed by atoms with Crippen LogP contribution in [0.4, 0.5) is 4.39 Å². The van der Waals surface area contributed by atoms with Crippen LogP contribution in [-0.2, 0) is 0 Å². The predicted molar refractivity (Wildman–Crippen MR) is 81.2 cm³/mol. The summed E-state index contributed by atoms with van der Waals surface area (Å²) in [7, 11) is 2.17. The summed E-state index contributed by atoms with van der Waals surface area (Å²) in [5.41, 5.74) is 7.77. The average Bonchev–Trinajstić information content (AvgIpc) is 2.64. The molecule has 112 valence electrons. The van der Waals surface area contributed by atoms with E-state index in [1.165, 1.54) is 13.0 Å². The SMILES string of the molecule is Cc1ccc(C(N)CCN2CCCN(C)CC2)cc1F. The zero-order valence-corrected chi connectivity index (χ0v) is 12.6. The van der Waals surface area contributed by atoms with E-state index in [9.17, 15) is 4.39 Å². The van der Waals surface area contributed by atoms with Crippen LogP contribution in [-0.4, -0.2) is 49.6 Å². The summed E-state index contributed by atoms with van der Waals surface area (Å²) in [6, 6.07) is 5.26. The van der Waals surface area contributed by atoms with Crippen molar-refractivity contribution in [2.45, 2.75) is 25.8 Å². The molecule has 1 fully saturated rings. The summed E-state index contributed by atoms with van der Waals surface area (Å²) >= 11 is 0. The molecule has 1 aliphatic heterocycles. The maximum atomic E-state index is 13.6. The van der Waals surface area contributed by atoms with E-state index < -0.39 is 0 Å². The number of benzene rings is 1. The third-order valence-electron chi connectivity index (χ3n) is 4.19. The number of aryl methyl sites for hydroxylation is 1. The summed E-state index contributed by atoms with van der Waals surface area (Å²) in [5.74, 6) is -0.158. The third kappa shape index (κ3) is 4.27. The van der Waals surface area contributed by atoms with Gasteiger partial charge in [-0.3, -0.25) is 0 Å². The summed E-state index contributed by atoms with van der Waals surface area (Å²) in [6.07, 6.45) is 2.09. The summed E-state index contributed by atoms with van der Waals surface area (Å²) in [4.78, 5) is 4.84. The van der Waals surface area contributed by atoms with Crippen LogP contribution < -0.4 is 5.73 Å². The molecule has 0 spiro atoms. The number of nitrogens with zero attached hydrogens (tertiary/aromatic N) is 2. The van der Waals surface area contributed by atoms with Crippen molar-refractivity contribution in [3.63, 3.8) is 0 Å². The number of nitrogens with two attached hydrogens (primary N) is 1. The predicted octanol–water partition coefficient (Wildman–Crippen LogP) is 2.16. The zero-order valence-electron chi connectivity index (χ0n) is 12.6. The Morgan fingerprint density at radius 2 is 2.05 bits per heavy atom. The number of hydrogen-bond acceptors (Lipinski definition) is 3. The Hall–Kier alpha value is -0.970. The quantitative estimate of drug-likeness (QED) is 0.917. The van der Waals surface area contributed by atoms with E-state index in [0.29, 0.717) is 5.56 Å². The lowest BCUT2D eigenvalue weighted by Crippen LogP contribution is -2.31. The first-order valence-electron chi connectivity index (χ1n) is 7.49. The van der Waals surface area contributed by atoms with Crippen LogP contribution in [0, 0.1) is 12.7 Å². The molecule has 3 nitrogen and oxygen atoms in total. The lowest BCUT2D eigenvalue weighted by Gasteiger charge is -2.22. The molecule has 0 radical (unpaired) electrons. The van der Waals surface area contributed by atoms with Crippen LogP contribution in [0.5, 0.6) is 0 Å². The molecule has 1 unspecified atom stereocenters. The van der Waals surface area contributed by atoms with Crippen LogP contribution in [0.2, 0.25) is 0 Å². The topological polar surface area (TPSA) is 32.5 Å². The fourth-order valence-electron chi connectivity index (χ4n) is 2.65. The van der Waals surface area contributed by atoms with Gasteiger partial charge < -0.3 is 15.5 Å². The van der Waals surface area contributed by atoms with Gasteiger partial charge in [0.1, 0.15) is 5.82 Å². The molecule has 0 aliphatic carbocycles. The standard InChI is InChI=1S/C16H26FN3/c1-13-4-5-14(12-15(13)17)16(18)6-9-20-8-3-7-19(2)10-11-20/h4-5,12,16H,3,6-11,18H2,1-2H3. The molecule has 1 atom stereocenters. The van der Waals surface area contributed by atoms with Gasteiger partial charge in [-0.05, 0) is 63.6 Å². The molecule has 1 heterocycles. The Balaban J connectivity index is 1.85. The maximum absolute atomic E-state index is 13.6. The van der Waals surface area contributed by atoms with Crippen molar-refractivity contribution >= 4 is 0 Å². The number of likely N-dealkylation sites (N-methyl/N-ethyl adjacent to an activating group) is 1. The molecule has 0 aromatic heterocycles. The molecular formula is C16H26FN3. The van der Waals surface area contributed by atoms with Crippen LogP contribution in [0.3, 0.4) is 0 Å². The summed E-state index contributed by atoms with van der Waals surface area (Å²) < 4.78 is 13.6. The highest BCUT2D eigenvalue weighted by Crippen LogP contribution is 2.18. The fraction of sp³-hybridized carbons (Fsp3) is 0.625. The van der Waals surface area contributed by atoms with E-state index in [1.807, 2.05) is 12.1 Å². The fourth-order valence-corrected chi connectivity index (χ4v) is 2.65. The Kier molecular flexibility index (Phi) is 5.52. The van der Waals surface area contributed by atoms with Crippen molar-refractivity contribution in [3.05, 3.63) is 35.1 Å². The Bertz CT molecular complexity index is 436. The van der Waals surface area contributed by atoms with Gasteiger partial charge in [-0.2, -0.15) is 0 Å². The first-order valence-corrected chi connectivity index (χ1v) is 7.49. The highest BCUT2D eigenvalue weighted by molar-refractivity contribution is 5.25.